The largest absolute Gasteiger partial charge is 0.495 e. The minimum absolute atomic E-state index is 0.0898. The Hall–Kier alpha value is -3.44. The lowest BCUT2D eigenvalue weighted by molar-refractivity contribution is -0.120. The molecule has 1 aromatic carbocycles. The van der Waals surface area contributed by atoms with Gasteiger partial charge in [-0.1, -0.05) is 19.8 Å². The SMILES string of the molecule is CC[C@@H]1C(=O)N(C)c2cnc(Nc3ccc(C(=O)NCCN4CC5CNCC5C4)cc3OC)nc2N1C1CCCC1. The first-order valence-corrected chi connectivity index (χ1v) is 15.1. The first kappa shape index (κ1) is 27.7. The number of hydrogen-bond acceptors (Lipinski definition) is 9. The highest BCUT2D eigenvalue weighted by Gasteiger charge is 2.41. The van der Waals surface area contributed by atoms with E-state index in [1.165, 1.54) is 12.8 Å². The molecule has 0 spiro atoms. The highest BCUT2D eigenvalue weighted by molar-refractivity contribution is 6.04. The number of benzene rings is 1. The second-order valence-corrected chi connectivity index (χ2v) is 11.8. The molecule has 3 atom stereocenters. The summed E-state index contributed by atoms with van der Waals surface area (Å²) >= 11 is 0. The van der Waals surface area contributed by atoms with Gasteiger partial charge in [-0.05, 0) is 62.4 Å². The topological polar surface area (TPSA) is 115 Å². The van der Waals surface area contributed by atoms with E-state index in [9.17, 15) is 9.59 Å². The van der Waals surface area contributed by atoms with E-state index in [4.69, 9.17) is 9.72 Å². The van der Waals surface area contributed by atoms with Crippen LogP contribution in [0, 0.1) is 11.8 Å². The van der Waals surface area contributed by atoms with Crippen molar-refractivity contribution in [2.24, 2.45) is 11.8 Å². The fraction of sp³-hybridized carbons (Fsp3) is 0.600. The van der Waals surface area contributed by atoms with Gasteiger partial charge in [0.25, 0.3) is 5.91 Å². The fourth-order valence-electron chi connectivity index (χ4n) is 7.06. The molecule has 2 amide bonds. The normalized spacial score (nSPS) is 24.5. The average Bonchev–Trinajstić information content (AvgIpc) is 3.74. The Kier molecular flexibility index (Phi) is 7.99. The molecule has 1 aliphatic carbocycles. The maximum Gasteiger partial charge on any atom is 0.251 e. The third-order valence-electron chi connectivity index (χ3n) is 9.30. The van der Waals surface area contributed by atoms with Crippen LogP contribution in [-0.4, -0.2) is 92.2 Å². The van der Waals surface area contributed by atoms with Gasteiger partial charge in [-0.2, -0.15) is 4.98 Å². The van der Waals surface area contributed by atoms with Crippen molar-refractivity contribution < 1.29 is 14.3 Å². The van der Waals surface area contributed by atoms with Crippen molar-refractivity contribution in [1.82, 2.24) is 25.5 Å². The molecule has 11 nitrogen and oxygen atoms in total. The molecule has 3 N–H and O–H groups in total. The lowest BCUT2D eigenvalue weighted by Gasteiger charge is -2.43. The van der Waals surface area contributed by atoms with Crippen molar-refractivity contribution in [3.8, 4) is 5.75 Å². The first-order chi connectivity index (χ1) is 20.0. The number of rotatable bonds is 9. The summed E-state index contributed by atoms with van der Waals surface area (Å²) in [6.07, 6.45) is 6.90. The van der Waals surface area contributed by atoms with Crippen LogP contribution in [0.4, 0.5) is 23.1 Å². The molecule has 2 aromatic rings. The maximum absolute atomic E-state index is 13.2. The molecule has 0 bridgehead atoms. The number of anilines is 4. The monoisotopic (exact) mass is 562 g/mol. The lowest BCUT2D eigenvalue weighted by Crippen LogP contribution is -2.55. The Bertz CT molecular complexity index is 1270. The van der Waals surface area contributed by atoms with Gasteiger partial charge in [0.05, 0.1) is 19.0 Å². The van der Waals surface area contributed by atoms with E-state index in [0.717, 1.165) is 75.3 Å². The van der Waals surface area contributed by atoms with E-state index in [1.54, 1.807) is 37.4 Å². The number of likely N-dealkylation sites (N-methyl/N-ethyl adjacent to an activating group) is 1. The zero-order valence-corrected chi connectivity index (χ0v) is 24.4. The van der Waals surface area contributed by atoms with E-state index < -0.39 is 0 Å². The Labute approximate surface area is 242 Å². The van der Waals surface area contributed by atoms with Crippen LogP contribution in [-0.2, 0) is 4.79 Å². The summed E-state index contributed by atoms with van der Waals surface area (Å²) in [6, 6.07) is 5.42. The highest BCUT2D eigenvalue weighted by Crippen LogP contribution is 2.40. The zero-order valence-electron chi connectivity index (χ0n) is 24.4. The fourth-order valence-corrected chi connectivity index (χ4v) is 7.06. The molecule has 2 saturated heterocycles. The molecule has 3 aliphatic heterocycles. The summed E-state index contributed by atoms with van der Waals surface area (Å²) < 4.78 is 5.64. The van der Waals surface area contributed by atoms with Gasteiger partial charge in [0.2, 0.25) is 11.9 Å². The number of nitrogens with zero attached hydrogens (tertiary/aromatic N) is 5. The van der Waals surface area contributed by atoms with Crippen LogP contribution in [0.15, 0.2) is 24.4 Å². The Morgan fingerprint density at radius 3 is 2.63 bits per heavy atom. The van der Waals surface area contributed by atoms with E-state index in [1.807, 2.05) is 6.07 Å². The molecule has 220 valence electrons. The number of hydrogen-bond donors (Lipinski definition) is 3. The van der Waals surface area contributed by atoms with Crippen molar-refractivity contribution in [2.75, 3.05) is 68.5 Å². The number of likely N-dealkylation sites (tertiary alicyclic amines) is 1. The molecule has 1 aromatic heterocycles. The number of carbonyl (C=O) groups is 2. The quantitative estimate of drug-likeness (QED) is 0.424. The van der Waals surface area contributed by atoms with Crippen LogP contribution in [0.25, 0.3) is 0 Å². The minimum atomic E-state index is -0.229. The van der Waals surface area contributed by atoms with Crippen molar-refractivity contribution in [3.63, 3.8) is 0 Å². The van der Waals surface area contributed by atoms with Crippen LogP contribution < -0.4 is 30.5 Å². The molecule has 4 aliphatic rings. The van der Waals surface area contributed by atoms with Crippen molar-refractivity contribution in [3.05, 3.63) is 30.0 Å². The molecule has 11 heteroatoms. The summed E-state index contributed by atoms with van der Waals surface area (Å²) in [4.78, 5) is 41.9. The smallest absolute Gasteiger partial charge is 0.251 e. The predicted molar refractivity (Wildman–Crippen MR) is 159 cm³/mol. The van der Waals surface area contributed by atoms with Gasteiger partial charge < -0.3 is 35.4 Å². The Morgan fingerprint density at radius 2 is 1.93 bits per heavy atom. The predicted octanol–water partition coefficient (Wildman–Crippen LogP) is 2.61. The standard InChI is InChI=1S/C30H42N8O3/c1-4-24-29(40)36(2)25-16-33-30(35-27(25)38(24)22-7-5-6-8-22)34-23-10-9-19(13-26(23)41-3)28(39)32-11-12-37-17-20-14-31-15-21(20)18-37/h9-10,13,16,20-22,24,31H,4-8,11-12,14-15,17-18H2,1-3H3,(H,32,39)(H,33,34,35)/t20?,21?,24-/m1/s1. The molecule has 6 rings (SSSR count). The molecule has 41 heavy (non-hydrogen) atoms. The number of aromatic nitrogens is 2. The first-order valence-electron chi connectivity index (χ1n) is 15.1. The second-order valence-electron chi connectivity index (χ2n) is 11.8. The zero-order chi connectivity index (χ0) is 28.5. The average molecular weight is 563 g/mol. The second kappa shape index (κ2) is 11.8. The number of amides is 2. The number of fused-ring (bicyclic) bond motifs is 2. The van der Waals surface area contributed by atoms with Gasteiger partial charge in [0, 0.05) is 44.8 Å². The number of carbonyl (C=O) groups excluding carboxylic acids is 2. The van der Waals surface area contributed by atoms with Crippen LogP contribution in [0.3, 0.4) is 0 Å². The van der Waals surface area contributed by atoms with Crippen molar-refractivity contribution in [1.29, 1.82) is 0 Å². The van der Waals surface area contributed by atoms with Gasteiger partial charge in [-0.3, -0.25) is 9.59 Å². The van der Waals surface area contributed by atoms with Crippen LogP contribution in [0.1, 0.15) is 49.4 Å². The van der Waals surface area contributed by atoms with Gasteiger partial charge in [0.15, 0.2) is 5.82 Å². The van der Waals surface area contributed by atoms with Crippen molar-refractivity contribution >= 4 is 35.0 Å². The number of methoxy groups -OCH3 is 1. The molecule has 3 fully saturated rings. The van der Waals surface area contributed by atoms with E-state index in [-0.39, 0.29) is 17.9 Å². The summed E-state index contributed by atoms with van der Waals surface area (Å²) in [5.74, 6) is 3.21. The Morgan fingerprint density at radius 1 is 1.17 bits per heavy atom. The van der Waals surface area contributed by atoms with Gasteiger partial charge in [-0.15, -0.1) is 0 Å². The summed E-state index contributed by atoms with van der Waals surface area (Å²) in [7, 11) is 3.38. The van der Waals surface area contributed by atoms with E-state index >= 15 is 0 Å². The van der Waals surface area contributed by atoms with Gasteiger partial charge in [0.1, 0.15) is 17.5 Å². The molecular formula is C30H42N8O3. The van der Waals surface area contributed by atoms with Gasteiger partial charge >= 0.3 is 0 Å². The molecule has 2 unspecified atom stereocenters. The maximum atomic E-state index is 13.2. The van der Waals surface area contributed by atoms with E-state index in [0.29, 0.717) is 35.5 Å². The highest BCUT2D eigenvalue weighted by atomic mass is 16.5. The number of nitrogens with one attached hydrogen (secondary N) is 3. The molecule has 4 heterocycles. The molecular weight excluding hydrogens is 520 g/mol. The minimum Gasteiger partial charge on any atom is -0.495 e. The van der Waals surface area contributed by atoms with Crippen LogP contribution in [0.5, 0.6) is 5.75 Å². The Balaban J connectivity index is 1.14. The third-order valence-corrected chi connectivity index (χ3v) is 9.30. The summed E-state index contributed by atoms with van der Waals surface area (Å²) in [5, 5.41) is 9.82. The molecule has 1 saturated carbocycles. The number of ether oxygens (including phenoxy) is 1. The summed E-state index contributed by atoms with van der Waals surface area (Å²) in [5.41, 5.74) is 1.94. The van der Waals surface area contributed by atoms with Crippen LogP contribution >= 0.6 is 0 Å². The third kappa shape index (κ3) is 5.44. The van der Waals surface area contributed by atoms with Crippen LogP contribution in [0.2, 0.25) is 0 Å². The van der Waals surface area contributed by atoms with Gasteiger partial charge in [-0.25, -0.2) is 4.98 Å². The van der Waals surface area contributed by atoms with E-state index in [2.05, 4.69) is 37.7 Å². The van der Waals surface area contributed by atoms with Crippen molar-refractivity contribution in [2.45, 2.75) is 51.1 Å². The lowest BCUT2D eigenvalue weighted by atomic mass is 10.0. The molecule has 0 radical (unpaired) electrons. The summed E-state index contributed by atoms with van der Waals surface area (Å²) in [6.45, 7) is 7.97.